The maximum atomic E-state index is 13.4. The summed E-state index contributed by atoms with van der Waals surface area (Å²) in [5.74, 6) is -4.09. The van der Waals surface area contributed by atoms with E-state index in [0.717, 1.165) is 12.1 Å². The summed E-state index contributed by atoms with van der Waals surface area (Å²) in [5, 5.41) is 11.4. The lowest BCUT2D eigenvalue weighted by molar-refractivity contribution is -0.142. The van der Waals surface area contributed by atoms with Gasteiger partial charge in [0.05, 0.1) is 11.5 Å². The molecule has 0 aliphatic heterocycles. The quantitative estimate of drug-likeness (QED) is 0.843. The number of hydrogen-bond acceptors (Lipinski definition) is 2. The normalized spacial score (nSPS) is 12.2. The molecule has 0 radical (unpaired) electrons. The maximum absolute atomic E-state index is 13.4. The molecule has 1 aromatic rings. The molecule has 0 saturated heterocycles. The van der Waals surface area contributed by atoms with Crippen molar-refractivity contribution in [3.8, 4) is 0 Å². The number of rotatable bonds is 6. The van der Waals surface area contributed by atoms with E-state index in [1.54, 1.807) is 0 Å². The van der Waals surface area contributed by atoms with Crippen molar-refractivity contribution in [3.05, 3.63) is 35.4 Å². The highest BCUT2D eigenvalue weighted by Gasteiger charge is 2.21. The number of benzene rings is 1. The third-order valence-corrected chi connectivity index (χ3v) is 2.79. The Morgan fingerprint density at radius 3 is 2.45 bits per heavy atom. The molecule has 6 heteroatoms. The van der Waals surface area contributed by atoms with Gasteiger partial charge in [-0.25, -0.2) is 8.78 Å². The molecule has 0 spiro atoms. The Morgan fingerprint density at radius 1 is 1.30 bits per heavy atom. The lowest BCUT2D eigenvalue weighted by Crippen LogP contribution is -2.34. The second-order valence-corrected chi connectivity index (χ2v) is 5.00. The van der Waals surface area contributed by atoms with Gasteiger partial charge in [-0.1, -0.05) is 13.8 Å². The predicted octanol–water partition coefficient (Wildman–Crippen LogP) is 2.44. The molecule has 0 bridgehead atoms. The lowest BCUT2D eigenvalue weighted by atomic mass is 9.97. The van der Waals surface area contributed by atoms with Crippen molar-refractivity contribution in [2.45, 2.75) is 20.3 Å². The summed E-state index contributed by atoms with van der Waals surface area (Å²) in [5.41, 5.74) is -0.305. The summed E-state index contributed by atoms with van der Waals surface area (Å²) in [7, 11) is 0. The predicted molar refractivity (Wildman–Crippen MR) is 69.3 cm³/mol. The van der Waals surface area contributed by atoms with Crippen LogP contribution in [0.3, 0.4) is 0 Å². The van der Waals surface area contributed by atoms with E-state index in [1.807, 2.05) is 13.8 Å². The van der Waals surface area contributed by atoms with Crippen molar-refractivity contribution in [1.29, 1.82) is 0 Å². The molecule has 0 heterocycles. The van der Waals surface area contributed by atoms with Gasteiger partial charge in [-0.3, -0.25) is 9.59 Å². The van der Waals surface area contributed by atoms with Gasteiger partial charge in [0.1, 0.15) is 11.6 Å². The zero-order valence-corrected chi connectivity index (χ0v) is 11.3. The second-order valence-electron chi connectivity index (χ2n) is 5.00. The molecule has 1 aromatic carbocycles. The van der Waals surface area contributed by atoms with E-state index in [2.05, 4.69) is 5.32 Å². The number of carboxylic acids is 1. The zero-order chi connectivity index (χ0) is 15.3. The standard InChI is InChI=1S/C14H17F2NO3/c1-8(2)5-9(14(19)20)7-17-13(18)11-4-3-10(15)6-12(11)16/h3-4,6,8-9H,5,7H2,1-2H3,(H,17,18)(H,19,20). The Morgan fingerprint density at radius 2 is 1.95 bits per heavy atom. The molecule has 0 saturated carbocycles. The Bertz CT molecular complexity index is 503. The summed E-state index contributed by atoms with van der Waals surface area (Å²) < 4.78 is 26.1. The number of nitrogens with one attached hydrogen (secondary N) is 1. The van der Waals surface area contributed by atoms with Crippen LogP contribution in [0.25, 0.3) is 0 Å². The van der Waals surface area contributed by atoms with E-state index in [1.165, 1.54) is 0 Å². The van der Waals surface area contributed by atoms with Crippen LogP contribution in [0.2, 0.25) is 0 Å². The summed E-state index contributed by atoms with van der Waals surface area (Å²) in [4.78, 5) is 22.7. The topological polar surface area (TPSA) is 66.4 Å². The Kier molecular flexibility index (Phi) is 5.61. The summed E-state index contributed by atoms with van der Waals surface area (Å²) in [6.45, 7) is 3.65. The number of carbonyl (C=O) groups is 2. The van der Waals surface area contributed by atoms with Crippen LogP contribution in [-0.2, 0) is 4.79 Å². The van der Waals surface area contributed by atoms with Crippen molar-refractivity contribution in [2.24, 2.45) is 11.8 Å². The van der Waals surface area contributed by atoms with Gasteiger partial charge < -0.3 is 10.4 Å². The van der Waals surface area contributed by atoms with Gasteiger partial charge in [-0.05, 0) is 24.5 Å². The Hall–Kier alpha value is -1.98. The van der Waals surface area contributed by atoms with Crippen LogP contribution < -0.4 is 5.32 Å². The van der Waals surface area contributed by atoms with Crippen molar-refractivity contribution in [3.63, 3.8) is 0 Å². The Labute approximate surface area is 115 Å². The van der Waals surface area contributed by atoms with Crippen LogP contribution in [-0.4, -0.2) is 23.5 Å². The highest BCUT2D eigenvalue weighted by molar-refractivity contribution is 5.94. The van der Waals surface area contributed by atoms with Gasteiger partial charge in [-0.2, -0.15) is 0 Å². The molecule has 20 heavy (non-hydrogen) atoms. The van der Waals surface area contributed by atoms with E-state index in [4.69, 9.17) is 5.11 Å². The third kappa shape index (κ3) is 4.60. The number of aliphatic carboxylic acids is 1. The first-order chi connectivity index (χ1) is 9.31. The summed E-state index contributed by atoms with van der Waals surface area (Å²) >= 11 is 0. The number of halogens is 2. The van der Waals surface area contributed by atoms with Gasteiger partial charge in [0.2, 0.25) is 0 Å². The van der Waals surface area contributed by atoms with Gasteiger partial charge in [-0.15, -0.1) is 0 Å². The highest BCUT2D eigenvalue weighted by atomic mass is 19.1. The van der Waals surface area contributed by atoms with Crippen LogP contribution in [0, 0.1) is 23.5 Å². The number of carbonyl (C=O) groups excluding carboxylic acids is 1. The van der Waals surface area contributed by atoms with Gasteiger partial charge >= 0.3 is 5.97 Å². The van der Waals surface area contributed by atoms with Crippen molar-refractivity contribution in [2.75, 3.05) is 6.54 Å². The fraction of sp³-hybridized carbons (Fsp3) is 0.429. The molecule has 1 unspecified atom stereocenters. The largest absolute Gasteiger partial charge is 0.481 e. The Balaban J connectivity index is 2.68. The molecule has 0 fully saturated rings. The molecular formula is C14H17F2NO3. The minimum atomic E-state index is -1.02. The summed E-state index contributed by atoms with van der Waals surface area (Å²) in [6, 6.07) is 2.61. The van der Waals surface area contributed by atoms with Crippen molar-refractivity contribution in [1.82, 2.24) is 5.32 Å². The first-order valence-corrected chi connectivity index (χ1v) is 6.27. The van der Waals surface area contributed by atoms with E-state index in [0.29, 0.717) is 12.5 Å². The van der Waals surface area contributed by atoms with Gasteiger partial charge in [0.25, 0.3) is 5.91 Å². The van der Waals surface area contributed by atoms with Crippen molar-refractivity contribution < 1.29 is 23.5 Å². The van der Waals surface area contributed by atoms with Crippen LogP contribution >= 0.6 is 0 Å². The van der Waals surface area contributed by atoms with Gasteiger partial charge in [0, 0.05) is 12.6 Å². The number of hydrogen-bond donors (Lipinski definition) is 2. The fourth-order valence-electron chi connectivity index (χ4n) is 1.83. The molecule has 0 aromatic heterocycles. The highest BCUT2D eigenvalue weighted by Crippen LogP contribution is 2.13. The van der Waals surface area contributed by atoms with Crippen LogP contribution in [0.4, 0.5) is 8.78 Å². The molecule has 1 atom stereocenters. The second kappa shape index (κ2) is 6.98. The fourth-order valence-corrected chi connectivity index (χ4v) is 1.83. The van der Waals surface area contributed by atoms with E-state index in [9.17, 15) is 18.4 Å². The molecule has 2 N–H and O–H groups in total. The lowest BCUT2D eigenvalue weighted by Gasteiger charge is -2.15. The molecular weight excluding hydrogens is 268 g/mol. The molecule has 1 amide bonds. The molecule has 4 nitrogen and oxygen atoms in total. The molecule has 1 rings (SSSR count). The average molecular weight is 285 g/mol. The zero-order valence-electron chi connectivity index (χ0n) is 11.3. The molecule has 0 aliphatic rings. The molecule has 0 aliphatic carbocycles. The van der Waals surface area contributed by atoms with E-state index < -0.39 is 29.4 Å². The first-order valence-electron chi connectivity index (χ1n) is 6.27. The summed E-state index contributed by atoms with van der Waals surface area (Å²) in [6.07, 6.45) is 0.404. The molecule has 110 valence electrons. The first kappa shape index (κ1) is 16.1. The van der Waals surface area contributed by atoms with Crippen molar-refractivity contribution >= 4 is 11.9 Å². The minimum absolute atomic E-state index is 0.0941. The van der Waals surface area contributed by atoms with Crippen LogP contribution in [0.1, 0.15) is 30.6 Å². The van der Waals surface area contributed by atoms with Crippen LogP contribution in [0.5, 0.6) is 0 Å². The average Bonchev–Trinajstić information content (AvgIpc) is 2.33. The third-order valence-electron chi connectivity index (χ3n) is 2.79. The number of carboxylic acid groups (broad SMARTS) is 1. The monoisotopic (exact) mass is 285 g/mol. The van der Waals surface area contributed by atoms with E-state index >= 15 is 0 Å². The van der Waals surface area contributed by atoms with E-state index in [-0.39, 0.29) is 18.0 Å². The minimum Gasteiger partial charge on any atom is -0.481 e. The number of amides is 1. The smallest absolute Gasteiger partial charge is 0.308 e. The van der Waals surface area contributed by atoms with Gasteiger partial charge in [0.15, 0.2) is 0 Å². The van der Waals surface area contributed by atoms with Crippen LogP contribution in [0.15, 0.2) is 18.2 Å². The maximum Gasteiger partial charge on any atom is 0.308 e. The SMILES string of the molecule is CC(C)CC(CNC(=O)c1ccc(F)cc1F)C(=O)O.